The number of pyridine rings is 3. The summed E-state index contributed by atoms with van der Waals surface area (Å²) in [4.78, 5) is 36.6. The molecule has 1 unspecified atom stereocenters. The number of aliphatic hydroxyl groups is 1. The maximum Gasteiger partial charge on any atom is 0.309 e. The van der Waals surface area contributed by atoms with E-state index in [1.165, 1.54) is 25.3 Å². The van der Waals surface area contributed by atoms with E-state index in [4.69, 9.17) is 9.47 Å². The maximum absolute atomic E-state index is 13.1. The summed E-state index contributed by atoms with van der Waals surface area (Å²) in [5.74, 6) is -0.150. The zero-order valence-corrected chi connectivity index (χ0v) is 23.1. The number of carbonyl (C=O) groups excluding carboxylic acids is 2. The van der Waals surface area contributed by atoms with Crippen LogP contribution in [0.3, 0.4) is 0 Å². The van der Waals surface area contributed by atoms with Crippen LogP contribution in [0.1, 0.15) is 61.8 Å². The first-order valence-corrected chi connectivity index (χ1v) is 13.6. The third kappa shape index (κ3) is 8.26. The lowest BCUT2D eigenvalue weighted by Crippen LogP contribution is -2.28. The predicted molar refractivity (Wildman–Crippen MR) is 148 cm³/mol. The van der Waals surface area contributed by atoms with Crippen molar-refractivity contribution in [2.45, 2.75) is 51.9 Å². The highest BCUT2D eigenvalue weighted by Crippen LogP contribution is 2.38. The first-order valence-electron chi connectivity index (χ1n) is 13.6. The molecule has 1 fully saturated rings. The van der Waals surface area contributed by atoms with Gasteiger partial charge in [0.05, 0.1) is 18.2 Å². The fraction of sp³-hybridized carbons (Fsp3) is 0.433. The number of nitrogens with one attached hydrogen (secondary N) is 1. The van der Waals surface area contributed by atoms with Crippen LogP contribution < -0.4 is 5.32 Å². The van der Waals surface area contributed by atoms with Crippen molar-refractivity contribution >= 4 is 23.6 Å². The van der Waals surface area contributed by atoms with Gasteiger partial charge in [-0.1, -0.05) is 0 Å². The van der Waals surface area contributed by atoms with Crippen molar-refractivity contribution in [2.24, 2.45) is 11.8 Å². The summed E-state index contributed by atoms with van der Waals surface area (Å²) in [5, 5.41) is 13.2. The monoisotopic (exact) mass is 568 g/mol. The van der Waals surface area contributed by atoms with Crippen LogP contribution in [-0.2, 0) is 19.1 Å². The number of esters is 2. The SMILES string of the molecule is CC(=O)OCCOC(=O)C1CCC(C(CO)c2ccc(-c3cc(C)cc(Nc4cc(C(F)F)ccn4)n3)cn2)CC1. The Balaban J connectivity index is 1.38. The second-order valence-electron chi connectivity index (χ2n) is 10.2. The number of aromatic nitrogens is 3. The average molecular weight is 569 g/mol. The van der Waals surface area contributed by atoms with Crippen LogP contribution in [0.5, 0.6) is 0 Å². The lowest BCUT2D eigenvalue weighted by Gasteiger charge is -2.32. The molecule has 0 amide bonds. The number of aliphatic hydroxyl groups excluding tert-OH is 1. The van der Waals surface area contributed by atoms with Gasteiger partial charge in [0.2, 0.25) is 0 Å². The van der Waals surface area contributed by atoms with E-state index in [0.29, 0.717) is 24.4 Å². The van der Waals surface area contributed by atoms with E-state index >= 15 is 0 Å². The molecule has 0 aromatic carbocycles. The zero-order chi connectivity index (χ0) is 29.4. The van der Waals surface area contributed by atoms with Crippen LogP contribution in [0.15, 0.2) is 48.8 Å². The van der Waals surface area contributed by atoms with Crippen molar-refractivity contribution in [3.05, 3.63) is 65.6 Å². The Kier molecular flexibility index (Phi) is 10.3. The van der Waals surface area contributed by atoms with E-state index in [2.05, 4.69) is 20.3 Å². The van der Waals surface area contributed by atoms with Crippen molar-refractivity contribution in [3.63, 3.8) is 0 Å². The van der Waals surface area contributed by atoms with Crippen molar-refractivity contribution < 1.29 is 33.0 Å². The molecule has 1 aliphatic carbocycles. The molecule has 0 aliphatic heterocycles. The van der Waals surface area contributed by atoms with Gasteiger partial charge in [-0.05, 0) is 80.5 Å². The molecule has 0 radical (unpaired) electrons. The van der Waals surface area contributed by atoms with Gasteiger partial charge in [-0.25, -0.2) is 18.7 Å². The Morgan fingerprint density at radius 2 is 1.78 bits per heavy atom. The summed E-state index contributed by atoms with van der Waals surface area (Å²) in [5.41, 5.74) is 2.99. The second-order valence-corrected chi connectivity index (χ2v) is 10.2. The quantitative estimate of drug-likeness (QED) is 0.227. The molecule has 3 heterocycles. The molecule has 41 heavy (non-hydrogen) atoms. The maximum atomic E-state index is 13.1. The van der Waals surface area contributed by atoms with Crippen LogP contribution >= 0.6 is 0 Å². The minimum Gasteiger partial charge on any atom is -0.462 e. The van der Waals surface area contributed by atoms with Crippen molar-refractivity contribution in [2.75, 3.05) is 25.1 Å². The number of carbonyl (C=O) groups is 2. The molecule has 9 nitrogen and oxygen atoms in total. The molecule has 2 N–H and O–H groups in total. The summed E-state index contributed by atoms with van der Waals surface area (Å²) >= 11 is 0. The fourth-order valence-electron chi connectivity index (χ4n) is 5.12. The van der Waals surface area contributed by atoms with E-state index in [0.717, 1.165) is 29.7 Å². The van der Waals surface area contributed by atoms with Crippen molar-refractivity contribution in [1.82, 2.24) is 15.0 Å². The van der Waals surface area contributed by atoms with Crippen LogP contribution in [-0.4, -0.2) is 51.8 Å². The standard InChI is InChI=1S/C30H34F2N4O5/c1-18-13-26(35-28(14-18)36-27-15-22(29(31)32)9-10-33-27)23-7-8-25(34-16-23)24(17-37)20-3-5-21(6-4-20)30(39)41-12-11-40-19(2)38/h7-10,13-16,20-21,24,29,37H,3-6,11-12,17H2,1-2H3,(H,33,35,36). The molecule has 4 rings (SSSR count). The summed E-state index contributed by atoms with van der Waals surface area (Å²) in [6.45, 7) is 3.25. The largest absolute Gasteiger partial charge is 0.462 e. The predicted octanol–water partition coefficient (Wildman–Crippen LogP) is 5.52. The number of anilines is 2. The van der Waals surface area contributed by atoms with Crippen molar-refractivity contribution in [3.8, 4) is 11.3 Å². The Bertz CT molecular complexity index is 1330. The number of alkyl halides is 2. The number of halogens is 2. The summed E-state index contributed by atoms with van der Waals surface area (Å²) in [7, 11) is 0. The van der Waals surface area contributed by atoms with Gasteiger partial charge in [-0.15, -0.1) is 0 Å². The van der Waals surface area contributed by atoms with Gasteiger partial charge in [0, 0.05) is 42.1 Å². The molecular weight excluding hydrogens is 534 g/mol. The number of nitrogens with zero attached hydrogens (tertiary/aromatic N) is 3. The van der Waals surface area contributed by atoms with E-state index in [1.54, 1.807) is 12.3 Å². The second kappa shape index (κ2) is 14.1. The molecule has 0 bridgehead atoms. The molecule has 1 atom stereocenters. The van der Waals surface area contributed by atoms with Gasteiger partial charge >= 0.3 is 11.9 Å². The molecule has 1 saturated carbocycles. The molecule has 3 aromatic rings. The molecular formula is C30H34F2N4O5. The lowest BCUT2D eigenvalue weighted by atomic mass is 9.75. The van der Waals surface area contributed by atoms with E-state index < -0.39 is 12.4 Å². The van der Waals surface area contributed by atoms with Crippen LogP contribution in [0.25, 0.3) is 11.3 Å². The Morgan fingerprint density at radius 1 is 1.02 bits per heavy atom. The number of aryl methyl sites for hydroxylation is 1. The van der Waals surface area contributed by atoms with E-state index in [9.17, 15) is 23.5 Å². The average Bonchev–Trinajstić information content (AvgIpc) is 2.96. The molecule has 0 saturated heterocycles. The van der Waals surface area contributed by atoms with Crippen LogP contribution in [0, 0.1) is 18.8 Å². The minimum absolute atomic E-state index is 0.0456. The first-order chi connectivity index (χ1) is 19.7. The Hall–Kier alpha value is -3.99. The molecule has 0 spiro atoms. The molecule has 3 aromatic heterocycles. The van der Waals surface area contributed by atoms with Gasteiger partial charge in [-0.2, -0.15) is 0 Å². The highest BCUT2D eigenvalue weighted by Gasteiger charge is 2.32. The van der Waals surface area contributed by atoms with E-state index in [1.807, 2.05) is 25.1 Å². The first kappa shape index (κ1) is 30.0. The summed E-state index contributed by atoms with van der Waals surface area (Å²) < 4.78 is 36.2. The van der Waals surface area contributed by atoms with E-state index in [-0.39, 0.29) is 54.9 Å². The summed E-state index contributed by atoms with van der Waals surface area (Å²) in [6.07, 6.45) is 3.27. The number of rotatable bonds is 11. The van der Waals surface area contributed by atoms with Gasteiger partial charge in [0.1, 0.15) is 24.8 Å². The van der Waals surface area contributed by atoms with Crippen molar-refractivity contribution in [1.29, 1.82) is 0 Å². The highest BCUT2D eigenvalue weighted by molar-refractivity contribution is 5.72. The zero-order valence-electron chi connectivity index (χ0n) is 23.1. The highest BCUT2D eigenvalue weighted by atomic mass is 19.3. The lowest BCUT2D eigenvalue weighted by molar-refractivity contribution is -0.155. The summed E-state index contributed by atoms with van der Waals surface area (Å²) in [6, 6.07) is 10.1. The number of ether oxygens (including phenoxy) is 2. The molecule has 218 valence electrons. The van der Waals surface area contributed by atoms with Gasteiger partial charge in [0.15, 0.2) is 0 Å². The number of hydrogen-bond donors (Lipinski definition) is 2. The topological polar surface area (TPSA) is 124 Å². The Labute approximate surface area is 237 Å². The normalized spacial score (nSPS) is 17.6. The third-order valence-electron chi connectivity index (χ3n) is 7.23. The molecule has 1 aliphatic rings. The minimum atomic E-state index is -2.59. The fourth-order valence-corrected chi connectivity index (χ4v) is 5.12. The van der Waals surface area contributed by atoms with Gasteiger partial charge in [-0.3, -0.25) is 14.6 Å². The smallest absolute Gasteiger partial charge is 0.309 e. The number of hydrogen-bond acceptors (Lipinski definition) is 9. The third-order valence-corrected chi connectivity index (χ3v) is 7.23. The Morgan fingerprint density at radius 3 is 2.44 bits per heavy atom. The molecule has 11 heteroatoms. The van der Waals surface area contributed by atoms with Crippen LogP contribution in [0.2, 0.25) is 0 Å². The van der Waals surface area contributed by atoms with Gasteiger partial charge in [0.25, 0.3) is 6.43 Å². The van der Waals surface area contributed by atoms with Crippen LogP contribution in [0.4, 0.5) is 20.4 Å². The van der Waals surface area contributed by atoms with Gasteiger partial charge < -0.3 is 19.9 Å².